The first-order valence-electron chi connectivity index (χ1n) is 6.52. The van der Waals surface area contributed by atoms with Gasteiger partial charge in [-0.15, -0.1) is 0 Å². The minimum absolute atomic E-state index is 0.126. The SMILES string of the molecule is CC1(O)CCN(Cc2ccc(/C(N)=N/O)cc2)CC1. The summed E-state index contributed by atoms with van der Waals surface area (Å²) in [5.41, 5.74) is 6.92. The molecule has 0 aromatic heterocycles. The maximum atomic E-state index is 9.91. The zero-order valence-corrected chi connectivity index (χ0v) is 11.2. The summed E-state index contributed by atoms with van der Waals surface area (Å²) < 4.78 is 0. The second-order valence-corrected chi connectivity index (χ2v) is 5.46. The summed E-state index contributed by atoms with van der Waals surface area (Å²) in [5, 5.41) is 21.5. The predicted molar refractivity (Wildman–Crippen MR) is 74.1 cm³/mol. The fourth-order valence-electron chi connectivity index (χ4n) is 2.29. The van der Waals surface area contributed by atoms with Crippen LogP contribution in [0, 0.1) is 0 Å². The molecule has 1 heterocycles. The highest BCUT2D eigenvalue weighted by atomic mass is 16.4. The molecular weight excluding hydrogens is 242 g/mol. The maximum absolute atomic E-state index is 9.91. The molecule has 0 bridgehead atoms. The van der Waals surface area contributed by atoms with Crippen LogP contribution >= 0.6 is 0 Å². The third-order valence-corrected chi connectivity index (χ3v) is 3.70. The second-order valence-electron chi connectivity index (χ2n) is 5.46. The second kappa shape index (κ2) is 5.59. The van der Waals surface area contributed by atoms with E-state index in [2.05, 4.69) is 10.1 Å². The lowest BCUT2D eigenvalue weighted by Crippen LogP contribution is -2.41. The van der Waals surface area contributed by atoms with Crippen molar-refractivity contribution in [1.29, 1.82) is 0 Å². The fraction of sp³-hybridized carbons (Fsp3) is 0.500. The zero-order valence-electron chi connectivity index (χ0n) is 11.2. The van der Waals surface area contributed by atoms with E-state index >= 15 is 0 Å². The van der Waals surface area contributed by atoms with E-state index in [1.807, 2.05) is 31.2 Å². The molecule has 19 heavy (non-hydrogen) atoms. The number of oxime groups is 1. The summed E-state index contributed by atoms with van der Waals surface area (Å²) in [6.07, 6.45) is 1.63. The molecule has 5 heteroatoms. The largest absolute Gasteiger partial charge is 0.409 e. The van der Waals surface area contributed by atoms with E-state index in [-0.39, 0.29) is 5.84 Å². The van der Waals surface area contributed by atoms with Crippen molar-refractivity contribution >= 4 is 5.84 Å². The number of hydrogen-bond donors (Lipinski definition) is 3. The Balaban J connectivity index is 1.94. The Bertz CT molecular complexity index is 444. The van der Waals surface area contributed by atoms with E-state index < -0.39 is 5.60 Å². The van der Waals surface area contributed by atoms with E-state index in [9.17, 15) is 5.11 Å². The summed E-state index contributed by atoms with van der Waals surface area (Å²) in [4.78, 5) is 2.33. The lowest BCUT2D eigenvalue weighted by atomic mass is 9.93. The fourth-order valence-corrected chi connectivity index (χ4v) is 2.29. The average molecular weight is 263 g/mol. The molecule has 104 valence electrons. The highest BCUT2D eigenvalue weighted by Crippen LogP contribution is 2.22. The molecular formula is C14H21N3O2. The molecule has 1 aliphatic heterocycles. The Morgan fingerprint density at radius 1 is 1.32 bits per heavy atom. The highest BCUT2D eigenvalue weighted by molar-refractivity contribution is 5.96. The molecule has 2 rings (SSSR count). The van der Waals surface area contributed by atoms with Crippen LogP contribution in [0.5, 0.6) is 0 Å². The molecule has 5 nitrogen and oxygen atoms in total. The van der Waals surface area contributed by atoms with Gasteiger partial charge in [-0.1, -0.05) is 29.4 Å². The van der Waals surface area contributed by atoms with E-state index in [1.165, 1.54) is 5.56 Å². The van der Waals surface area contributed by atoms with Crippen molar-refractivity contribution in [3.63, 3.8) is 0 Å². The van der Waals surface area contributed by atoms with E-state index in [0.29, 0.717) is 5.56 Å². The Labute approximate surface area is 113 Å². The summed E-state index contributed by atoms with van der Waals surface area (Å²) in [7, 11) is 0. The van der Waals surface area contributed by atoms with Crippen LogP contribution in [0.3, 0.4) is 0 Å². The van der Waals surface area contributed by atoms with Gasteiger partial charge in [0.05, 0.1) is 5.60 Å². The normalized spacial score (nSPS) is 20.4. The van der Waals surface area contributed by atoms with Crippen molar-refractivity contribution in [2.24, 2.45) is 10.9 Å². The van der Waals surface area contributed by atoms with Crippen molar-refractivity contribution in [2.75, 3.05) is 13.1 Å². The van der Waals surface area contributed by atoms with Gasteiger partial charge in [-0.3, -0.25) is 4.90 Å². The van der Waals surface area contributed by atoms with Crippen LogP contribution in [-0.2, 0) is 6.54 Å². The van der Waals surface area contributed by atoms with Crippen LogP contribution in [-0.4, -0.2) is 39.7 Å². The van der Waals surface area contributed by atoms with Gasteiger partial charge in [0.25, 0.3) is 0 Å². The van der Waals surface area contributed by atoms with Crippen LogP contribution in [0.4, 0.5) is 0 Å². The number of benzene rings is 1. The van der Waals surface area contributed by atoms with Crippen LogP contribution in [0.15, 0.2) is 29.4 Å². The van der Waals surface area contributed by atoms with Crippen molar-refractivity contribution in [1.82, 2.24) is 4.90 Å². The highest BCUT2D eigenvalue weighted by Gasteiger charge is 2.26. The smallest absolute Gasteiger partial charge is 0.170 e. The molecule has 0 saturated carbocycles. The number of hydrogen-bond acceptors (Lipinski definition) is 4. The third kappa shape index (κ3) is 3.68. The van der Waals surface area contributed by atoms with Gasteiger partial charge in [-0.2, -0.15) is 0 Å². The van der Waals surface area contributed by atoms with Gasteiger partial charge >= 0.3 is 0 Å². The first-order chi connectivity index (χ1) is 9.00. The summed E-state index contributed by atoms with van der Waals surface area (Å²) >= 11 is 0. The Morgan fingerprint density at radius 2 is 1.89 bits per heavy atom. The quantitative estimate of drug-likeness (QED) is 0.330. The number of piperidine rings is 1. The van der Waals surface area contributed by atoms with E-state index in [4.69, 9.17) is 10.9 Å². The monoisotopic (exact) mass is 263 g/mol. The van der Waals surface area contributed by atoms with Crippen molar-refractivity contribution < 1.29 is 10.3 Å². The van der Waals surface area contributed by atoms with Gasteiger partial charge in [0.2, 0.25) is 0 Å². The lowest BCUT2D eigenvalue weighted by molar-refractivity contribution is -0.00729. The van der Waals surface area contributed by atoms with E-state index in [1.54, 1.807) is 0 Å². The molecule has 0 spiro atoms. The Morgan fingerprint density at radius 3 is 2.42 bits per heavy atom. The Hall–Kier alpha value is -1.59. The molecule has 1 aromatic carbocycles. The molecule has 1 aromatic rings. The predicted octanol–water partition coefficient (Wildman–Crippen LogP) is 1.13. The molecule has 0 unspecified atom stereocenters. The van der Waals surface area contributed by atoms with Gasteiger partial charge in [0.15, 0.2) is 5.84 Å². The average Bonchev–Trinajstić information content (AvgIpc) is 2.41. The summed E-state index contributed by atoms with van der Waals surface area (Å²) in [6, 6.07) is 7.68. The van der Waals surface area contributed by atoms with Crippen LogP contribution in [0.25, 0.3) is 0 Å². The molecule has 0 aliphatic carbocycles. The van der Waals surface area contributed by atoms with E-state index in [0.717, 1.165) is 32.5 Å². The van der Waals surface area contributed by atoms with Gasteiger partial charge in [0.1, 0.15) is 0 Å². The van der Waals surface area contributed by atoms with Crippen molar-refractivity contribution in [3.05, 3.63) is 35.4 Å². The van der Waals surface area contributed by atoms with Crippen LogP contribution < -0.4 is 5.73 Å². The minimum Gasteiger partial charge on any atom is -0.409 e. The van der Waals surface area contributed by atoms with Gasteiger partial charge in [-0.05, 0) is 25.3 Å². The summed E-state index contributed by atoms with van der Waals surface area (Å²) in [6.45, 7) is 4.59. The van der Waals surface area contributed by atoms with Crippen molar-refractivity contribution in [3.8, 4) is 0 Å². The van der Waals surface area contributed by atoms with Crippen LogP contribution in [0.1, 0.15) is 30.9 Å². The van der Waals surface area contributed by atoms with Gasteiger partial charge < -0.3 is 16.0 Å². The van der Waals surface area contributed by atoms with Gasteiger partial charge in [0, 0.05) is 25.2 Å². The van der Waals surface area contributed by atoms with Crippen LogP contribution in [0.2, 0.25) is 0 Å². The first-order valence-corrected chi connectivity index (χ1v) is 6.52. The number of nitrogens with two attached hydrogens (primary N) is 1. The minimum atomic E-state index is -0.508. The molecule has 0 radical (unpaired) electrons. The standard InChI is InChI=1S/C14H21N3O2/c1-14(18)6-8-17(9-7-14)10-11-2-4-12(5-3-11)13(15)16-19/h2-5,18-19H,6-10H2,1H3,(H2,15,16). The topological polar surface area (TPSA) is 82.1 Å². The zero-order chi connectivity index (χ0) is 13.9. The Kier molecular flexibility index (Phi) is 4.07. The first kappa shape index (κ1) is 13.8. The number of amidine groups is 1. The summed E-state index contributed by atoms with van der Waals surface area (Å²) in [5.74, 6) is 0.126. The maximum Gasteiger partial charge on any atom is 0.170 e. The molecule has 0 atom stereocenters. The molecule has 1 aliphatic rings. The molecule has 0 amide bonds. The number of likely N-dealkylation sites (tertiary alicyclic amines) is 1. The number of aliphatic hydroxyl groups is 1. The molecule has 1 fully saturated rings. The number of nitrogens with zero attached hydrogens (tertiary/aromatic N) is 2. The number of rotatable bonds is 3. The molecule has 1 saturated heterocycles. The lowest BCUT2D eigenvalue weighted by Gasteiger charge is -2.35. The molecule has 4 N–H and O–H groups in total. The van der Waals surface area contributed by atoms with Crippen molar-refractivity contribution in [2.45, 2.75) is 31.9 Å². The third-order valence-electron chi connectivity index (χ3n) is 3.70. The van der Waals surface area contributed by atoms with Gasteiger partial charge in [-0.25, -0.2) is 0 Å².